The zero-order valence-corrected chi connectivity index (χ0v) is 15.6. The maximum atomic E-state index is 14.5. The minimum Gasteiger partial charge on any atom is -0.459 e. The second-order valence-electron chi connectivity index (χ2n) is 7.42. The van der Waals surface area contributed by atoms with E-state index in [4.69, 9.17) is 5.73 Å². The molecule has 1 aliphatic heterocycles. The number of pyridine rings is 1. The third-order valence-electron chi connectivity index (χ3n) is 5.26. The minimum absolute atomic E-state index is 0.136. The van der Waals surface area contributed by atoms with Crippen molar-refractivity contribution in [3.05, 3.63) is 59.2 Å². The number of aliphatic imine (C=N–C) groups is 1. The Balaban J connectivity index is 1.61. The number of hydrogen-bond acceptors (Lipinski definition) is 5. The first-order chi connectivity index (χ1) is 13.7. The van der Waals surface area contributed by atoms with Crippen LogP contribution in [0.15, 0.2) is 41.5 Å². The van der Waals surface area contributed by atoms with Crippen molar-refractivity contribution >= 4 is 17.6 Å². The fourth-order valence-electron chi connectivity index (χ4n) is 3.27. The fraction of sp³-hybridized carbons (Fsp3) is 0.350. The first-order valence-corrected chi connectivity index (χ1v) is 9.13. The molecule has 2 heterocycles. The summed E-state index contributed by atoms with van der Waals surface area (Å²) in [7, 11) is 0. The number of aromatic nitrogens is 1. The van der Waals surface area contributed by atoms with Crippen LogP contribution in [0.1, 0.15) is 47.3 Å². The van der Waals surface area contributed by atoms with E-state index in [0.717, 1.165) is 37.5 Å². The number of amides is 1. The largest absolute Gasteiger partial charge is 0.459 e. The third-order valence-corrected chi connectivity index (χ3v) is 5.26. The first kappa shape index (κ1) is 19.2. The van der Waals surface area contributed by atoms with Gasteiger partial charge in [-0.15, -0.1) is 0 Å². The van der Waals surface area contributed by atoms with E-state index in [1.165, 1.54) is 6.07 Å². The second kappa shape index (κ2) is 6.75. The number of benzene rings is 1. The highest BCUT2D eigenvalue weighted by Crippen LogP contribution is 2.45. The Hall–Kier alpha value is -3.10. The summed E-state index contributed by atoms with van der Waals surface area (Å²) in [5, 5.41) is 2.56. The molecule has 152 valence electrons. The summed E-state index contributed by atoms with van der Waals surface area (Å²) in [6.45, 7) is 0.0523. The molecule has 1 fully saturated rings. The van der Waals surface area contributed by atoms with E-state index in [-0.39, 0.29) is 11.4 Å². The molecule has 9 heteroatoms. The van der Waals surface area contributed by atoms with Crippen LogP contribution < -0.4 is 11.1 Å². The lowest BCUT2D eigenvalue weighted by atomic mass is 9.85. The standard InChI is InChI=1S/C20H19F3N4O2/c1-19(20(22,23)10-29-18(24)27-19)14-8-13(5-6-15(14)21)26-17(28)16-7-4-12(9-25-16)11-2-3-11/h4-9,11H,2-3,10H2,1H3,(H2,24,27)(H,26,28)/t19-/m1/s1. The average Bonchev–Trinajstić information content (AvgIpc) is 3.52. The summed E-state index contributed by atoms with van der Waals surface area (Å²) < 4.78 is 48.1. The van der Waals surface area contributed by atoms with Gasteiger partial charge in [-0.2, -0.15) is 8.78 Å². The highest BCUT2D eigenvalue weighted by molar-refractivity contribution is 6.02. The van der Waals surface area contributed by atoms with Gasteiger partial charge in [0.25, 0.3) is 11.9 Å². The van der Waals surface area contributed by atoms with Crippen LogP contribution in [0.4, 0.5) is 18.9 Å². The number of nitrogens with two attached hydrogens (primary N) is 1. The van der Waals surface area contributed by atoms with Crippen molar-refractivity contribution in [2.24, 2.45) is 10.7 Å². The van der Waals surface area contributed by atoms with Crippen molar-refractivity contribution in [3.8, 4) is 0 Å². The van der Waals surface area contributed by atoms with Crippen LogP contribution in [0.5, 0.6) is 0 Å². The predicted molar refractivity (Wildman–Crippen MR) is 100 cm³/mol. The van der Waals surface area contributed by atoms with E-state index in [0.29, 0.717) is 5.92 Å². The van der Waals surface area contributed by atoms with Crippen molar-refractivity contribution in [1.82, 2.24) is 4.98 Å². The highest BCUT2D eigenvalue weighted by Gasteiger charge is 2.56. The normalized spacial score (nSPS) is 23.1. The van der Waals surface area contributed by atoms with Crippen molar-refractivity contribution in [2.75, 3.05) is 11.9 Å². The van der Waals surface area contributed by atoms with Crippen molar-refractivity contribution in [2.45, 2.75) is 37.1 Å². The Kier molecular flexibility index (Phi) is 4.48. The van der Waals surface area contributed by atoms with Gasteiger partial charge in [-0.25, -0.2) is 9.38 Å². The molecule has 1 amide bonds. The Bertz CT molecular complexity index is 990. The summed E-state index contributed by atoms with van der Waals surface area (Å²) in [5.41, 5.74) is 4.16. The number of halogens is 3. The Morgan fingerprint density at radius 1 is 1.28 bits per heavy atom. The van der Waals surface area contributed by atoms with Gasteiger partial charge in [0, 0.05) is 17.4 Å². The van der Waals surface area contributed by atoms with Gasteiger partial charge in [0.05, 0.1) is 0 Å². The molecule has 0 radical (unpaired) electrons. The number of ether oxygens (including phenoxy) is 1. The molecule has 29 heavy (non-hydrogen) atoms. The van der Waals surface area contributed by atoms with Gasteiger partial charge in [0.2, 0.25) is 0 Å². The summed E-state index contributed by atoms with van der Waals surface area (Å²) >= 11 is 0. The van der Waals surface area contributed by atoms with Crippen molar-refractivity contribution in [1.29, 1.82) is 0 Å². The summed E-state index contributed by atoms with van der Waals surface area (Å²) in [6.07, 6.45) is 3.89. The van der Waals surface area contributed by atoms with Gasteiger partial charge in [-0.3, -0.25) is 9.78 Å². The monoisotopic (exact) mass is 404 g/mol. The zero-order chi connectivity index (χ0) is 20.8. The molecule has 0 spiro atoms. The number of rotatable bonds is 4. The van der Waals surface area contributed by atoms with E-state index < -0.39 is 41.4 Å². The smallest absolute Gasteiger partial charge is 0.310 e. The van der Waals surface area contributed by atoms with Gasteiger partial charge in [0.15, 0.2) is 12.1 Å². The van der Waals surface area contributed by atoms with Gasteiger partial charge >= 0.3 is 5.92 Å². The van der Waals surface area contributed by atoms with E-state index in [2.05, 4.69) is 20.0 Å². The number of nitrogens with one attached hydrogen (secondary N) is 1. The van der Waals surface area contributed by atoms with Gasteiger partial charge in [-0.1, -0.05) is 6.07 Å². The van der Waals surface area contributed by atoms with Gasteiger partial charge in [0.1, 0.15) is 11.5 Å². The van der Waals surface area contributed by atoms with Crippen LogP contribution in [-0.4, -0.2) is 29.4 Å². The van der Waals surface area contributed by atoms with E-state index >= 15 is 0 Å². The predicted octanol–water partition coefficient (Wildman–Crippen LogP) is 3.55. The topological polar surface area (TPSA) is 89.6 Å². The number of anilines is 1. The molecule has 1 saturated carbocycles. The Morgan fingerprint density at radius 3 is 2.69 bits per heavy atom. The van der Waals surface area contributed by atoms with Gasteiger partial charge in [-0.05, 0) is 55.5 Å². The maximum Gasteiger partial charge on any atom is 0.310 e. The number of nitrogens with zero attached hydrogens (tertiary/aromatic N) is 2. The molecule has 2 aromatic rings. The highest BCUT2D eigenvalue weighted by atomic mass is 19.3. The average molecular weight is 404 g/mol. The minimum atomic E-state index is -3.50. The molecule has 0 unspecified atom stereocenters. The lowest BCUT2D eigenvalue weighted by Crippen LogP contribution is -2.51. The number of alkyl halides is 2. The van der Waals surface area contributed by atoms with E-state index in [9.17, 15) is 18.0 Å². The van der Waals surface area contributed by atoms with E-state index in [1.807, 2.05) is 6.07 Å². The molecule has 2 aliphatic rings. The molecule has 0 saturated heterocycles. The van der Waals surface area contributed by atoms with Gasteiger partial charge < -0.3 is 15.8 Å². The summed E-state index contributed by atoms with van der Waals surface area (Å²) in [4.78, 5) is 20.3. The van der Waals surface area contributed by atoms with Crippen LogP contribution in [0, 0.1) is 5.82 Å². The summed E-state index contributed by atoms with van der Waals surface area (Å²) in [5.74, 6) is -4.42. The first-order valence-electron chi connectivity index (χ1n) is 9.13. The summed E-state index contributed by atoms with van der Waals surface area (Å²) in [6, 6.07) is 6.40. The molecule has 6 nitrogen and oxygen atoms in total. The molecular weight excluding hydrogens is 385 g/mol. The quantitative estimate of drug-likeness (QED) is 0.816. The van der Waals surface area contributed by atoms with E-state index in [1.54, 1.807) is 12.3 Å². The molecular formula is C20H19F3N4O2. The van der Waals surface area contributed by atoms with Crippen LogP contribution >= 0.6 is 0 Å². The molecule has 4 rings (SSSR count). The molecule has 0 bridgehead atoms. The molecule has 1 aromatic heterocycles. The van der Waals surface area contributed by atoms with Crippen LogP contribution in [0.25, 0.3) is 0 Å². The third kappa shape index (κ3) is 3.52. The van der Waals surface area contributed by atoms with Crippen LogP contribution in [-0.2, 0) is 10.3 Å². The Morgan fingerprint density at radius 2 is 2.03 bits per heavy atom. The maximum absolute atomic E-state index is 14.5. The lowest BCUT2D eigenvalue weighted by molar-refractivity contribution is -0.117. The second-order valence-corrected chi connectivity index (χ2v) is 7.42. The molecule has 1 atom stereocenters. The Labute approximate surface area is 165 Å². The van der Waals surface area contributed by atoms with Crippen LogP contribution in [0.2, 0.25) is 0 Å². The number of amidine groups is 1. The molecule has 1 aliphatic carbocycles. The number of hydrogen-bond donors (Lipinski definition) is 2. The zero-order valence-electron chi connectivity index (χ0n) is 15.6. The lowest BCUT2D eigenvalue weighted by Gasteiger charge is -2.37. The fourth-order valence-corrected chi connectivity index (χ4v) is 3.27. The molecule has 3 N–H and O–H groups in total. The van der Waals surface area contributed by atoms with Crippen molar-refractivity contribution < 1.29 is 22.7 Å². The SMILES string of the molecule is C[C@]1(c2cc(NC(=O)c3ccc(C4CC4)cn3)ccc2F)N=C(N)OCC1(F)F. The number of carbonyl (C=O) groups excluding carboxylic acids is 1. The van der Waals surface area contributed by atoms with Crippen molar-refractivity contribution in [3.63, 3.8) is 0 Å². The number of carbonyl (C=O) groups is 1. The van der Waals surface area contributed by atoms with Crippen LogP contribution in [0.3, 0.4) is 0 Å². The molecule has 1 aromatic carbocycles.